The summed E-state index contributed by atoms with van der Waals surface area (Å²) >= 11 is 0. The predicted octanol–water partition coefficient (Wildman–Crippen LogP) is 5.23. The van der Waals surface area contributed by atoms with Crippen LogP contribution in [-0.2, 0) is 22.4 Å². The van der Waals surface area contributed by atoms with E-state index in [0.29, 0.717) is 79.7 Å². The van der Waals surface area contributed by atoms with Crippen molar-refractivity contribution < 1.29 is 33.3 Å². The SMILES string of the molecule is COc1ccc2cc1OCCCNC(=O)CCc1cccc(c1)Oc1cc3c(cc1OC)C2N(C(=O)CNC(=O)c1ccccc1)CC3. The summed E-state index contributed by atoms with van der Waals surface area (Å²) in [6.45, 7) is 1.07. The number of amides is 3. The third-order valence-corrected chi connectivity index (χ3v) is 8.58. The summed E-state index contributed by atoms with van der Waals surface area (Å²) < 4.78 is 24.0. The maximum Gasteiger partial charge on any atom is 0.251 e. The monoisotopic (exact) mass is 649 g/mol. The van der Waals surface area contributed by atoms with E-state index in [2.05, 4.69) is 10.6 Å². The highest BCUT2D eigenvalue weighted by molar-refractivity contribution is 5.96. The largest absolute Gasteiger partial charge is 0.493 e. The molecule has 1 unspecified atom stereocenters. The lowest BCUT2D eigenvalue weighted by atomic mass is 9.87. The minimum Gasteiger partial charge on any atom is -0.493 e. The summed E-state index contributed by atoms with van der Waals surface area (Å²) in [4.78, 5) is 41.0. The van der Waals surface area contributed by atoms with Gasteiger partial charge in [-0.1, -0.05) is 36.4 Å². The first kappa shape index (κ1) is 32.4. The highest BCUT2D eigenvalue weighted by atomic mass is 16.5. The van der Waals surface area contributed by atoms with E-state index in [1.807, 2.05) is 60.7 Å². The van der Waals surface area contributed by atoms with Crippen LogP contribution in [0.15, 0.2) is 84.9 Å². The van der Waals surface area contributed by atoms with Crippen LogP contribution in [0, 0.1) is 0 Å². The van der Waals surface area contributed by atoms with Gasteiger partial charge in [0.25, 0.3) is 5.91 Å². The van der Waals surface area contributed by atoms with Gasteiger partial charge in [-0.3, -0.25) is 14.4 Å². The number of ether oxygens (including phenoxy) is 4. The molecule has 8 bridgehead atoms. The molecule has 0 aromatic heterocycles. The first-order valence-electron chi connectivity index (χ1n) is 16.1. The highest BCUT2D eigenvalue weighted by Gasteiger charge is 2.34. The molecule has 0 saturated heterocycles. The number of benzene rings is 4. The van der Waals surface area contributed by atoms with E-state index in [-0.39, 0.29) is 24.3 Å². The number of hydrogen-bond donors (Lipinski definition) is 2. The molecular weight excluding hydrogens is 610 g/mol. The van der Waals surface area contributed by atoms with E-state index in [9.17, 15) is 14.4 Å². The van der Waals surface area contributed by atoms with Crippen molar-refractivity contribution in [2.45, 2.75) is 31.7 Å². The van der Waals surface area contributed by atoms with E-state index in [0.717, 1.165) is 22.3 Å². The van der Waals surface area contributed by atoms with E-state index in [1.165, 1.54) is 0 Å². The van der Waals surface area contributed by atoms with Crippen molar-refractivity contribution in [1.29, 1.82) is 0 Å². The van der Waals surface area contributed by atoms with Gasteiger partial charge in [0.05, 0.1) is 33.4 Å². The van der Waals surface area contributed by atoms with Crippen LogP contribution >= 0.6 is 0 Å². The lowest BCUT2D eigenvalue weighted by Gasteiger charge is -2.38. The van der Waals surface area contributed by atoms with E-state index in [4.69, 9.17) is 18.9 Å². The molecule has 0 saturated carbocycles. The van der Waals surface area contributed by atoms with Gasteiger partial charge < -0.3 is 34.5 Å². The molecule has 3 aliphatic heterocycles. The average molecular weight is 650 g/mol. The minimum absolute atomic E-state index is 0.0353. The molecule has 3 heterocycles. The summed E-state index contributed by atoms with van der Waals surface area (Å²) in [7, 11) is 3.16. The molecule has 0 radical (unpaired) electrons. The fourth-order valence-corrected chi connectivity index (χ4v) is 6.14. The molecule has 2 N–H and O–H groups in total. The molecule has 10 heteroatoms. The zero-order valence-corrected chi connectivity index (χ0v) is 27.1. The number of aryl methyl sites for hydroxylation is 1. The molecule has 0 spiro atoms. The van der Waals surface area contributed by atoms with Crippen LogP contribution in [0.2, 0.25) is 0 Å². The Morgan fingerprint density at radius 1 is 0.896 bits per heavy atom. The van der Waals surface area contributed by atoms with Gasteiger partial charge in [0, 0.05) is 25.1 Å². The van der Waals surface area contributed by atoms with Crippen LogP contribution in [0.3, 0.4) is 0 Å². The van der Waals surface area contributed by atoms with Crippen LogP contribution < -0.4 is 29.6 Å². The number of nitrogens with one attached hydrogen (secondary N) is 2. The van der Waals surface area contributed by atoms with Crippen molar-refractivity contribution in [3.8, 4) is 28.7 Å². The molecule has 3 aliphatic rings. The number of fused-ring (bicyclic) bond motifs is 8. The summed E-state index contributed by atoms with van der Waals surface area (Å²) in [5.41, 5.74) is 4.16. The fourth-order valence-electron chi connectivity index (χ4n) is 6.14. The smallest absolute Gasteiger partial charge is 0.251 e. The number of carbonyl (C=O) groups is 3. The lowest BCUT2D eigenvalue weighted by molar-refractivity contribution is -0.132. The first-order valence-corrected chi connectivity index (χ1v) is 16.1. The Morgan fingerprint density at radius 2 is 1.73 bits per heavy atom. The Bertz CT molecular complexity index is 1790. The van der Waals surface area contributed by atoms with E-state index in [1.54, 1.807) is 43.4 Å². The Hall–Kier alpha value is -5.51. The summed E-state index contributed by atoms with van der Waals surface area (Å²) in [5, 5.41) is 5.75. The maximum absolute atomic E-state index is 13.9. The number of methoxy groups -OCH3 is 2. The van der Waals surface area contributed by atoms with E-state index >= 15 is 0 Å². The average Bonchev–Trinajstić information content (AvgIpc) is 3.12. The second kappa shape index (κ2) is 14.9. The molecular formula is C38H39N3O7. The molecule has 4 aromatic carbocycles. The topological polar surface area (TPSA) is 115 Å². The minimum atomic E-state index is -0.515. The summed E-state index contributed by atoms with van der Waals surface area (Å²) in [6, 6.07) is 25.5. The molecule has 0 aliphatic carbocycles. The Kier molecular flexibility index (Phi) is 10.1. The Morgan fingerprint density at radius 3 is 2.54 bits per heavy atom. The molecule has 248 valence electrons. The van der Waals surface area contributed by atoms with Crippen molar-refractivity contribution >= 4 is 17.7 Å². The molecule has 1 atom stereocenters. The highest BCUT2D eigenvalue weighted by Crippen LogP contribution is 2.44. The standard InChI is InChI=1S/C38H39N3O7/c1-45-31-14-13-28-22-33(31)47-19-7-17-39-35(42)15-12-25-8-6-11-29(20-25)48-34-21-27-16-18-41(37(28)30(27)23-32(34)46-2)36(43)24-40-38(44)26-9-4-3-5-10-26/h3-6,8-11,13-14,20-23,37H,7,12,15-19,24H2,1-2H3,(H,39,42)(H,40,44). The molecule has 7 rings (SSSR count). The fraction of sp³-hybridized carbons (Fsp3) is 0.289. The Labute approximate surface area is 279 Å². The van der Waals surface area contributed by atoms with Crippen LogP contribution in [0.4, 0.5) is 0 Å². The third kappa shape index (κ3) is 7.38. The summed E-state index contributed by atoms with van der Waals surface area (Å²) in [6.07, 6.45) is 2.09. The molecule has 4 aromatic rings. The maximum atomic E-state index is 13.9. The van der Waals surface area contributed by atoms with Crippen molar-refractivity contribution in [2.75, 3.05) is 40.5 Å². The van der Waals surface area contributed by atoms with Crippen molar-refractivity contribution in [2.24, 2.45) is 0 Å². The molecule has 3 amide bonds. The predicted molar refractivity (Wildman–Crippen MR) is 180 cm³/mol. The van der Waals surface area contributed by atoms with Gasteiger partial charge in [0.2, 0.25) is 11.8 Å². The van der Waals surface area contributed by atoms with Crippen LogP contribution in [0.25, 0.3) is 0 Å². The number of nitrogens with zero attached hydrogens (tertiary/aromatic N) is 1. The second-order valence-electron chi connectivity index (χ2n) is 11.7. The molecule has 0 fully saturated rings. The molecule has 48 heavy (non-hydrogen) atoms. The van der Waals surface area contributed by atoms with Gasteiger partial charge in [0.1, 0.15) is 5.75 Å². The first-order chi connectivity index (χ1) is 23.4. The Balaban J connectivity index is 1.39. The lowest BCUT2D eigenvalue weighted by Crippen LogP contribution is -2.45. The number of carbonyl (C=O) groups excluding carboxylic acids is 3. The van der Waals surface area contributed by atoms with Gasteiger partial charge in [-0.15, -0.1) is 0 Å². The van der Waals surface area contributed by atoms with Crippen LogP contribution in [0.1, 0.15) is 51.5 Å². The van der Waals surface area contributed by atoms with Gasteiger partial charge >= 0.3 is 0 Å². The zero-order valence-electron chi connectivity index (χ0n) is 27.1. The van der Waals surface area contributed by atoms with Gasteiger partial charge in [-0.25, -0.2) is 0 Å². The van der Waals surface area contributed by atoms with Gasteiger partial charge in [0.15, 0.2) is 23.0 Å². The normalized spacial score (nSPS) is 16.1. The van der Waals surface area contributed by atoms with Crippen molar-refractivity contribution in [3.05, 3.63) is 113 Å². The van der Waals surface area contributed by atoms with Crippen molar-refractivity contribution in [3.63, 3.8) is 0 Å². The van der Waals surface area contributed by atoms with Crippen molar-refractivity contribution in [1.82, 2.24) is 15.5 Å². The third-order valence-electron chi connectivity index (χ3n) is 8.58. The zero-order chi connectivity index (χ0) is 33.5. The number of rotatable bonds is 5. The quantitative estimate of drug-likeness (QED) is 0.304. The van der Waals surface area contributed by atoms with Gasteiger partial charge in [-0.05, 0) is 90.0 Å². The molecule has 10 nitrogen and oxygen atoms in total. The summed E-state index contributed by atoms with van der Waals surface area (Å²) in [5.74, 6) is 2.19. The second-order valence-corrected chi connectivity index (χ2v) is 11.7. The van der Waals surface area contributed by atoms with Crippen LogP contribution in [-0.4, -0.2) is 63.1 Å². The van der Waals surface area contributed by atoms with E-state index < -0.39 is 6.04 Å². The number of hydrogen-bond acceptors (Lipinski definition) is 7. The van der Waals surface area contributed by atoms with Gasteiger partial charge in [-0.2, -0.15) is 0 Å². The van der Waals surface area contributed by atoms with Crippen LogP contribution in [0.5, 0.6) is 28.7 Å².